The van der Waals surface area contributed by atoms with E-state index in [0.29, 0.717) is 30.2 Å². The van der Waals surface area contributed by atoms with Crippen LogP contribution in [0.1, 0.15) is 12.5 Å². The minimum absolute atomic E-state index is 0.0291. The summed E-state index contributed by atoms with van der Waals surface area (Å²) in [5.41, 5.74) is 6.77. The predicted octanol–water partition coefficient (Wildman–Crippen LogP) is 1.32. The van der Waals surface area contributed by atoms with Gasteiger partial charge in [-0.15, -0.1) is 0 Å². The second-order valence-electron chi connectivity index (χ2n) is 5.92. The molecule has 0 saturated carbocycles. The molecule has 3 N–H and O–H groups in total. The monoisotopic (exact) mass is 343 g/mol. The standard InChI is InChI=1S/C17H18FN5O2/c1-10-9-25-13(8-24)7-23(10)16-5-15(21-17(20)22-16)11-2-3-12(6-19)14(18)4-11/h2-5,10,13,24H,7-9H2,1H3,(H2,20,21,22)/t10-,13+/m1/s1. The number of anilines is 2. The number of nitriles is 1. The lowest BCUT2D eigenvalue weighted by Crippen LogP contribution is -2.50. The van der Waals surface area contributed by atoms with Gasteiger partial charge in [-0.1, -0.05) is 6.07 Å². The van der Waals surface area contributed by atoms with E-state index in [1.807, 2.05) is 11.8 Å². The van der Waals surface area contributed by atoms with E-state index in [1.54, 1.807) is 18.2 Å². The van der Waals surface area contributed by atoms with Crippen LogP contribution in [0.2, 0.25) is 0 Å². The van der Waals surface area contributed by atoms with E-state index >= 15 is 0 Å². The number of aromatic nitrogens is 2. The fourth-order valence-electron chi connectivity index (χ4n) is 2.76. The number of hydrogen-bond donors (Lipinski definition) is 2. The number of halogens is 1. The van der Waals surface area contributed by atoms with Gasteiger partial charge in [-0.3, -0.25) is 0 Å². The molecule has 0 aliphatic carbocycles. The van der Waals surface area contributed by atoms with Gasteiger partial charge in [0.25, 0.3) is 0 Å². The maximum Gasteiger partial charge on any atom is 0.222 e. The topological polar surface area (TPSA) is 108 Å². The molecule has 0 unspecified atom stereocenters. The van der Waals surface area contributed by atoms with Gasteiger partial charge in [-0.05, 0) is 19.1 Å². The number of aliphatic hydroxyl groups is 1. The Balaban J connectivity index is 1.98. The van der Waals surface area contributed by atoms with Crippen LogP contribution in [0.4, 0.5) is 16.2 Å². The summed E-state index contributed by atoms with van der Waals surface area (Å²) in [6.07, 6.45) is -0.303. The molecule has 2 atom stereocenters. The molecular weight excluding hydrogens is 325 g/mol. The van der Waals surface area contributed by atoms with Crippen LogP contribution in [-0.2, 0) is 4.74 Å². The first-order valence-electron chi connectivity index (χ1n) is 7.85. The van der Waals surface area contributed by atoms with Crippen molar-refractivity contribution < 1.29 is 14.2 Å². The highest BCUT2D eigenvalue weighted by Gasteiger charge is 2.27. The molecule has 3 rings (SSSR count). The molecule has 1 aromatic heterocycles. The van der Waals surface area contributed by atoms with Crippen molar-refractivity contribution in [3.05, 3.63) is 35.6 Å². The first-order valence-corrected chi connectivity index (χ1v) is 7.85. The third kappa shape index (κ3) is 3.52. The minimum Gasteiger partial charge on any atom is -0.394 e. The third-order valence-electron chi connectivity index (χ3n) is 4.12. The van der Waals surface area contributed by atoms with Crippen LogP contribution in [-0.4, -0.2) is 47.0 Å². The number of hydrogen-bond acceptors (Lipinski definition) is 7. The Hall–Kier alpha value is -2.76. The maximum absolute atomic E-state index is 13.9. The van der Waals surface area contributed by atoms with Gasteiger partial charge in [0.2, 0.25) is 5.95 Å². The zero-order valence-electron chi connectivity index (χ0n) is 13.7. The summed E-state index contributed by atoms with van der Waals surface area (Å²) in [5.74, 6) is 0.0387. The van der Waals surface area contributed by atoms with Crippen molar-refractivity contribution in [3.8, 4) is 17.3 Å². The SMILES string of the molecule is C[C@@H]1CO[C@H](CO)CN1c1cc(-c2ccc(C#N)c(F)c2)nc(N)n1. The molecule has 7 nitrogen and oxygen atoms in total. The smallest absolute Gasteiger partial charge is 0.222 e. The first kappa shape index (κ1) is 17.1. The molecule has 1 aromatic carbocycles. The molecule has 1 fully saturated rings. The number of ether oxygens (including phenoxy) is 1. The number of nitrogens with zero attached hydrogens (tertiary/aromatic N) is 4. The van der Waals surface area contributed by atoms with Crippen LogP contribution in [0.3, 0.4) is 0 Å². The van der Waals surface area contributed by atoms with Crippen LogP contribution in [0.15, 0.2) is 24.3 Å². The second kappa shape index (κ2) is 7.01. The molecule has 0 bridgehead atoms. The summed E-state index contributed by atoms with van der Waals surface area (Å²) in [7, 11) is 0. The van der Waals surface area contributed by atoms with Gasteiger partial charge in [0.1, 0.15) is 17.7 Å². The molecule has 1 saturated heterocycles. The van der Waals surface area contributed by atoms with Gasteiger partial charge in [0.15, 0.2) is 0 Å². The molecule has 0 radical (unpaired) electrons. The maximum atomic E-state index is 13.9. The highest BCUT2D eigenvalue weighted by molar-refractivity contribution is 5.65. The van der Waals surface area contributed by atoms with Crippen molar-refractivity contribution in [1.82, 2.24) is 9.97 Å². The largest absolute Gasteiger partial charge is 0.394 e. The number of rotatable bonds is 3. The Kier molecular flexibility index (Phi) is 4.79. The fraction of sp³-hybridized carbons (Fsp3) is 0.353. The van der Waals surface area contributed by atoms with Crippen LogP contribution in [0.25, 0.3) is 11.3 Å². The van der Waals surface area contributed by atoms with E-state index in [2.05, 4.69) is 9.97 Å². The lowest BCUT2D eigenvalue weighted by Gasteiger charge is -2.38. The third-order valence-corrected chi connectivity index (χ3v) is 4.12. The van der Waals surface area contributed by atoms with Crippen LogP contribution in [0.5, 0.6) is 0 Å². The summed E-state index contributed by atoms with van der Waals surface area (Å²) < 4.78 is 19.4. The molecule has 0 amide bonds. The average molecular weight is 343 g/mol. The summed E-state index contributed by atoms with van der Waals surface area (Å²) >= 11 is 0. The molecule has 1 aliphatic heterocycles. The fourth-order valence-corrected chi connectivity index (χ4v) is 2.76. The number of nitrogen functional groups attached to an aromatic ring is 1. The zero-order valence-corrected chi connectivity index (χ0v) is 13.7. The Morgan fingerprint density at radius 2 is 2.24 bits per heavy atom. The van der Waals surface area contributed by atoms with Crippen LogP contribution in [0, 0.1) is 17.1 Å². The molecule has 2 aromatic rings. The number of aliphatic hydroxyl groups excluding tert-OH is 1. The van der Waals surface area contributed by atoms with Gasteiger partial charge in [0, 0.05) is 18.2 Å². The van der Waals surface area contributed by atoms with Gasteiger partial charge in [-0.2, -0.15) is 10.2 Å². The number of morpholine rings is 1. The van der Waals surface area contributed by atoms with E-state index in [1.165, 1.54) is 12.1 Å². The van der Waals surface area contributed by atoms with Gasteiger partial charge >= 0.3 is 0 Å². The van der Waals surface area contributed by atoms with E-state index in [0.717, 1.165) is 0 Å². The summed E-state index contributed by atoms with van der Waals surface area (Å²) in [4.78, 5) is 10.4. The minimum atomic E-state index is -0.612. The highest BCUT2D eigenvalue weighted by atomic mass is 19.1. The Morgan fingerprint density at radius 1 is 1.44 bits per heavy atom. The zero-order chi connectivity index (χ0) is 18.0. The lowest BCUT2D eigenvalue weighted by molar-refractivity contribution is -0.0105. The molecule has 8 heteroatoms. The summed E-state index contributed by atoms with van der Waals surface area (Å²) in [6, 6.07) is 7.82. The van der Waals surface area contributed by atoms with Crippen molar-refractivity contribution in [3.63, 3.8) is 0 Å². The molecule has 2 heterocycles. The van der Waals surface area contributed by atoms with Crippen molar-refractivity contribution in [2.45, 2.75) is 19.1 Å². The van der Waals surface area contributed by atoms with Crippen molar-refractivity contribution in [2.75, 3.05) is 30.4 Å². The van der Waals surface area contributed by atoms with Crippen LogP contribution >= 0.6 is 0 Å². The molecule has 0 spiro atoms. The Bertz CT molecular complexity index is 823. The summed E-state index contributed by atoms with van der Waals surface area (Å²) in [5, 5.41) is 18.2. The molecular formula is C17H18FN5O2. The quantitative estimate of drug-likeness (QED) is 0.865. The normalized spacial score (nSPS) is 20.3. The average Bonchev–Trinajstić information content (AvgIpc) is 2.61. The van der Waals surface area contributed by atoms with Gasteiger partial charge in [0.05, 0.1) is 36.6 Å². The lowest BCUT2D eigenvalue weighted by atomic mass is 10.1. The van der Waals surface area contributed by atoms with E-state index in [9.17, 15) is 9.50 Å². The van der Waals surface area contributed by atoms with E-state index < -0.39 is 5.82 Å². The van der Waals surface area contributed by atoms with Gasteiger partial charge in [-0.25, -0.2) is 9.37 Å². The van der Waals surface area contributed by atoms with Crippen molar-refractivity contribution in [2.24, 2.45) is 0 Å². The van der Waals surface area contributed by atoms with Gasteiger partial charge < -0.3 is 20.5 Å². The van der Waals surface area contributed by atoms with Crippen LogP contribution < -0.4 is 10.6 Å². The molecule has 130 valence electrons. The molecule has 25 heavy (non-hydrogen) atoms. The second-order valence-corrected chi connectivity index (χ2v) is 5.92. The van der Waals surface area contributed by atoms with Crippen molar-refractivity contribution >= 4 is 11.8 Å². The number of nitrogens with two attached hydrogens (primary N) is 1. The highest BCUT2D eigenvalue weighted by Crippen LogP contribution is 2.27. The van der Waals surface area contributed by atoms with Crippen molar-refractivity contribution in [1.29, 1.82) is 5.26 Å². The molecule has 1 aliphatic rings. The van der Waals surface area contributed by atoms with E-state index in [4.69, 9.17) is 15.7 Å². The Labute approximate surface area is 144 Å². The summed E-state index contributed by atoms with van der Waals surface area (Å²) in [6.45, 7) is 2.82. The first-order chi connectivity index (χ1) is 12.0. The number of benzene rings is 1. The Morgan fingerprint density at radius 3 is 2.92 bits per heavy atom. The van der Waals surface area contributed by atoms with E-state index in [-0.39, 0.29) is 30.3 Å². The predicted molar refractivity (Wildman–Crippen MR) is 90.2 cm³/mol.